The summed E-state index contributed by atoms with van der Waals surface area (Å²) in [6, 6.07) is 5.44. The van der Waals surface area contributed by atoms with E-state index in [1.807, 2.05) is 45.9 Å². The lowest BCUT2D eigenvalue weighted by atomic mass is 9.91. The second-order valence-electron chi connectivity index (χ2n) is 9.93. The summed E-state index contributed by atoms with van der Waals surface area (Å²) in [6.45, 7) is 10.4. The molecule has 3 amide bonds. The average Bonchev–Trinajstić information content (AvgIpc) is 2.80. The van der Waals surface area contributed by atoms with Crippen molar-refractivity contribution in [2.45, 2.75) is 46.6 Å². The lowest BCUT2D eigenvalue weighted by molar-refractivity contribution is -0.130. The quantitative estimate of drug-likeness (QED) is 0.559. The molecule has 9 heteroatoms. The Morgan fingerprint density at radius 1 is 1.29 bits per heavy atom. The van der Waals surface area contributed by atoms with Gasteiger partial charge in [0.2, 0.25) is 11.8 Å². The van der Waals surface area contributed by atoms with Gasteiger partial charge in [0.1, 0.15) is 5.75 Å². The first-order chi connectivity index (χ1) is 16.2. The maximum Gasteiger partial charge on any atom is 0.265 e. The van der Waals surface area contributed by atoms with Crippen LogP contribution in [-0.4, -0.2) is 70.3 Å². The van der Waals surface area contributed by atoms with E-state index in [0.29, 0.717) is 57.1 Å². The van der Waals surface area contributed by atoms with Gasteiger partial charge in [-0.25, -0.2) is 0 Å². The number of hydrogen-bond acceptors (Lipinski definition) is 6. The SMILES string of the molecule is CCN(C(=O)C1CNCC(NC(=O)C(C)(C)C)C1)c1ccc2c(c1)N(CCCOC)C(=O)CO2. The molecule has 2 aliphatic rings. The van der Waals surface area contributed by atoms with Gasteiger partial charge in [0.05, 0.1) is 11.6 Å². The molecule has 34 heavy (non-hydrogen) atoms. The van der Waals surface area contributed by atoms with Crippen LogP contribution >= 0.6 is 0 Å². The van der Waals surface area contributed by atoms with Crippen molar-refractivity contribution >= 4 is 29.1 Å². The van der Waals surface area contributed by atoms with E-state index in [1.54, 1.807) is 16.9 Å². The molecule has 3 rings (SSSR count). The van der Waals surface area contributed by atoms with E-state index in [2.05, 4.69) is 10.6 Å². The van der Waals surface area contributed by atoms with Crippen molar-refractivity contribution < 1.29 is 23.9 Å². The lowest BCUT2D eigenvalue weighted by Gasteiger charge is -2.35. The fourth-order valence-electron chi connectivity index (χ4n) is 4.30. The number of ether oxygens (including phenoxy) is 2. The molecule has 1 aromatic rings. The molecule has 2 aliphatic heterocycles. The fraction of sp³-hybridized carbons (Fsp3) is 0.640. The molecule has 1 aromatic carbocycles. The molecule has 0 bridgehead atoms. The smallest absolute Gasteiger partial charge is 0.265 e. The zero-order valence-electron chi connectivity index (χ0n) is 21.0. The molecule has 0 radical (unpaired) electrons. The van der Waals surface area contributed by atoms with Gasteiger partial charge in [0, 0.05) is 57.0 Å². The van der Waals surface area contributed by atoms with E-state index in [4.69, 9.17) is 9.47 Å². The number of nitrogens with one attached hydrogen (secondary N) is 2. The third-order valence-electron chi connectivity index (χ3n) is 6.23. The first-order valence-corrected chi connectivity index (χ1v) is 12.0. The average molecular weight is 475 g/mol. The predicted octanol–water partition coefficient (Wildman–Crippen LogP) is 1.94. The standard InChI is InChI=1S/C25H38N4O5/c1-6-28(23(31)17-12-18(15-26-14-17)27-24(32)25(2,3)4)19-8-9-21-20(13-19)29(10-7-11-33-5)22(30)16-34-21/h8-9,13,17-18,26H,6-7,10-12,14-16H2,1-5H3,(H,27,32). The molecule has 0 saturated carbocycles. The van der Waals surface area contributed by atoms with Gasteiger partial charge in [-0.05, 0) is 38.0 Å². The Morgan fingerprint density at radius 2 is 2.06 bits per heavy atom. The maximum absolute atomic E-state index is 13.5. The highest BCUT2D eigenvalue weighted by Gasteiger charge is 2.34. The molecule has 0 spiro atoms. The van der Waals surface area contributed by atoms with Gasteiger partial charge in [0.15, 0.2) is 6.61 Å². The van der Waals surface area contributed by atoms with Crippen molar-refractivity contribution in [2.24, 2.45) is 11.3 Å². The van der Waals surface area contributed by atoms with Crippen LogP contribution in [0.3, 0.4) is 0 Å². The van der Waals surface area contributed by atoms with Crippen LogP contribution in [0, 0.1) is 11.3 Å². The highest BCUT2D eigenvalue weighted by molar-refractivity contribution is 6.00. The summed E-state index contributed by atoms with van der Waals surface area (Å²) in [5, 5.41) is 6.37. The van der Waals surface area contributed by atoms with Crippen LogP contribution in [-0.2, 0) is 19.1 Å². The first kappa shape index (κ1) is 26.0. The Hall–Kier alpha value is -2.65. The van der Waals surface area contributed by atoms with Crippen molar-refractivity contribution in [1.29, 1.82) is 0 Å². The van der Waals surface area contributed by atoms with Crippen LogP contribution < -0.4 is 25.2 Å². The van der Waals surface area contributed by atoms with Crippen molar-refractivity contribution in [2.75, 3.05) is 56.3 Å². The lowest BCUT2D eigenvalue weighted by Crippen LogP contribution is -2.54. The number of anilines is 2. The highest BCUT2D eigenvalue weighted by Crippen LogP contribution is 2.36. The van der Waals surface area contributed by atoms with Gasteiger partial charge >= 0.3 is 0 Å². The van der Waals surface area contributed by atoms with Crippen LogP contribution in [0.15, 0.2) is 18.2 Å². The molecular weight excluding hydrogens is 436 g/mol. The molecule has 2 atom stereocenters. The number of carbonyl (C=O) groups is 3. The van der Waals surface area contributed by atoms with Crippen LogP contribution in [0.4, 0.5) is 11.4 Å². The Labute approximate surface area is 202 Å². The van der Waals surface area contributed by atoms with Crippen molar-refractivity contribution in [1.82, 2.24) is 10.6 Å². The summed E-state index contributed by atoms with van der Waals surface area (Å²) >= 11 is 0. The minimum atomic E-state index is -0.482. The van der Waals surface area contributed by atoms with E-state index >= 15 is 0 Å². The van der Waals surface area contributed by atoms with Gasteiger partial charge in [-0.3, -0.25) is 14.4 Å². The van der Waals surface area contributed by atoms with E-state index < -0.39 is 5.41 Å². The zero-order valence-corrected chi connectivity index (χ0v) is 21.0. The summed E-state index contributed by atoms with van der Waals surface area (Å²) in [5.74, 6) is 0.245. The summed E-state index contributed by atoms with van der Waals surface area (Å²) in [7, 11) is 1.64. The van der Waals surface area contributed by atoms with Crippen molar-refractivity contribution in [3.05, 3.63) is 18.2 Å². The topological polar surface area (TPSA) is 100 Å². The molecule has 1 saturated heterocycles. The minimum absolute atomic E-state index is 0.00125. The van der Waals surface area contributed by atoms with E-state index in [0.717, 1.165) is 5.69 Å². The van der Waals surface area contributed by atoms with Crippen LogP contribution in [0.2, 0.25) is 0 Å². The number of benzene rings is 1. The Morgan fingerprint density at radius 3 is 2.74 bits per heavy atom. The molecule has 9 nitrogen and oxygen atoms in total. The van der Waals surface area contributed by atoms with E-state index in [1.165, 1.54) is 0 Å². The number of carbonyl (C=O) groups excluding carboxylic acids is 3. The zero-order chi connectivity index (χ0) is 24.9. The number of nitrogens with zero attached hydrogens (tertiary/aromatic N) is 2. The second-order valence-corrected chi connectivity index (χ2v) is 9.93. The molecular formula is C25H38N4O5. The summed E-state index contributed by atoms with van der Waals surface area (Å²) in [6.07, 6.45) is 1.29. The van der Waals surface area contributed by atoms with Gasteiger partial charge < -0.3 is 29.9 Å². The van der Waals surface area contributed by atoms with Gasteiger partial charge in [-0.1, -0.05) is 20.8 Å². The Bertz CT molecular complexity index is 898. The number of fused-ring (bicyclic) bond motifs is 1. The van der Waals surface area contributed by atoms with Gasteiger partial charge in [-0.15, -0.1) is 0 Å². The molecule has 188 valence electrons. The molecule has 2 heterocycles. The molecule has 0 aliphatic carbocycles. The summed E-state index contributed by atoms with van der Waals surface area (Å²) in [4.78, 5) is 41.9. The fourth-order valence-corrected chi connectivity index (χ4v) is 4.30. The Balaban J connectivity index is 1.76. The van der Waals surface area contributed by atoms with E-state index in [-0.39, 0.29) is 36.3 Å². The number of amides is 3. The predicted molar refractivity (Wildman–Crippen MR) is 131 cm³/mol. The normalized spacial score (nSPS) is 20.4. The third-order valence-corrected chi connectivity index (χ3v) is 6.23. The minimum Gasteiger partial charge on any atom is -0.482 e. The summed E-state index contributed by atoms with van der Waals surface area (Å²) in [5.41, 5.74) is 0.916. The second kappa shape index (κ2) is 11.2. The van der Waals surface area contributed by atoms with Crippen molar-refractivity contribution in [3.63, 3.8) is 0 Å². The summed E-state index contributed by atoms with van der Waals surface area (Å²) < 4.78 is 10.8. The molecule has 2 N–H and O–H groups in total. The third kappa shape index (κ3) is 6.07. The highest BCUT2D eigenvalue weighted by atomic mass is 16.5. The molecule has 1 fully saturated rings. The number of piperidine rings is 1. The maximum atomic E-state index is 13.5. The Kier molecular flexibility index (Phi) is 8.54. The van der Waals surface area contributed by atoms with Crippen molar-refractivity contribution in [3.8, 4) is 5.75 Å². The molecule has 0 aromatic heterocycles. The van der Waals surface area contributed by atoms with Crippen LogP contribution in [0.5, 0.6) is 5.75 Å². The number of rotatable bonds is 8. The number of hydrogen-bond donors (Lipinski definition) is 2. The monoisotopic (exact) mass is 474 g/mol. The number of methoxy groups -OCH3 is 1. The van der Waals surface area contributed by atoms with Gasteiger partial charge in [-0.2, -0.15) is 0 Å². The largest absolute Gasteiger partial charge is 0.482 e. The van der Waals surface area contributed by atoms with Crippen LogP contribution in [0.1, 0.15) is 40.5 Å². The molecule has 2 unspecified atom stereocenters. The van der Waals surface area contributed by atoms with Gasteiger partial charge in [0.25, 0.3) is 5.91 Å². The van der Waals surface area contributed by atoms with Crippen LogP contribution in [0.25, 0.3) is 0 Å². The first-order valence-electron chi connectivity index (χ1n) is 12.0. The van der Waals surface area contributed by atoms with E-state index in [9.17, 15) is 14.4 Å².